The molecule has 0 saturated heterocycles. The molecule has 1 N–H and O–H groups in total. The van der Waals surface area contributed by atoms with Crippen LogP contribution in [0, 0.1) is 0 Å². The van der Waals surface area contributed by atoms with Gasteiger partial charge < -0.3 is 9.84 Å². The summed E-state index contributed by atoms with van der Waals surface area (Å²) in [6.45, 7) is 6.08. The number of nitrogens with zero attached hydrogens (tertiary/aromatic N) is 1. The van der Waals surface area contributed by atoms with Gasteiger partial charge in [-0.2, -0.15) is 0 Å². The first-order valence-electron chi connectivity index (χ1n) is 6.38. The lowest BCUT2D eigenvalue weighted by atomic mass is 10.1. The van der Waals surface area contributed by atoms with Gasteiger partial charge in [0.15, 0.2) is 0 Å². The van der Waals surface area contributed by atoms with Crippen molar-refractivity contribution in [2.45, 2.75) is 39.4 Å². The molecule has 3 nitrogen and oxygen atoms in total. The van der Waals surface area contributed by atoms with E-state index in [2.05, 4.69) is 24.0 Å². The second-order valence-electron chi connectivity index (χ2n) is 4.96. The van der Waals surface area contributed by atoms with Gasteiger partial charge in [0.1, 0.15) is 17.4 Å². The largest absolute Gasteiger partial charge is 0.486 e. The number of hydrogen-bond donors (Lipinski definition) is 1. The van der Waals surface area contributed by atoms with E-state index in [0.29, 0.717) is 6.61 Å². The van der Waals surface area contributed by atoms with E-state index in [1.165, 1.54) is 16.9 Å². The molecule has 0 amide bonds. The summed E-state index contributed by atoms with van der Waals surface area (Å²) in [6.07, 6.45) is 2.74. The summed E-state index contributed by atoms with van der Waals surface area (Å²) >= 11 is 1.48. The summed E-state index contributed by atoms with van der Waals surface area (Å²) in [4.78, 5) is 5.12. The molecule has 0 fully saturated rings. The molecule has 1 heterocycles. The molecule has 0 atom stereocenters. The molecule has 1 aromatic heterocycles. The van der Waals surface area contributed by atoms with E-state index >= 15 is 0 Å². The molecular weight excluding hydrogens is 258 g/mol. The molecule has 4 heteroatoms. The van der Waals surface area contributed by atoms with Crippen LogP contribution < -0.4 is 4.74 Å². The Morgan fingerprint density at radius 1 is 1.26 bits per heavy atom. The lowest BCUT2D eigenvalue weighted by Gasteiger charge is -2.13. The smallest absolute Gasteiger partial charge is 0.140 e. The van der Waals surface area contributed by atoms with Crippen molar-refractivity contribution in [2.75, 3.05) is 0 Å². The average Bonchev–Trinajstić information content (AvgIpc) is 2.86. The van der Waals surface area contributed by atoms with E-state index in [1.54, 1.807) is 20.0 Å². The number of rotatable bonds is 5. The van der Waals surface area contributed by atoms with Crippen LogP contribution in [0.1, 0.15) is 36.2 Å². The summed E-state index contributed by atoms with van der Waals surface area (Å²) < 4.78 is 5.68. The van der Waals surface area contributed by atoms with Crippen LogP contribution >= 0.6 is 11.3 Å². The summed E-state index contributed by atoms with van der Waals surface area (Å²) in [5.74, 6) is 0.845. The zero-order valence-corrected chi connectivity index (χ0v) is 12.3. The van der Waals surface area contributed by atoms with Crippen molar-refractivity contribution in [3.63, 3.8) is 0 Å². The number of benzene rings is 1. The minimum Gasteiger partial charge on any atom is -0.486 e. The van der Waals surface area contributed by atoms with Crippen molar-refractivity contribution in [3.05, 3.63) is 45.9 Å². The van der Waals surface area contributed by atoms with E-state index in [-0.39, 0.29) is 0 Å². The predicted molar refractivity (Wildman–Crippen MR) is 77.5 cm³/mol. The van der Waals surface area contributed by atoms with Gasteiger partial charge in [0, 0.05) is 6.20 Å². The second-order valence-corrected chi connectivity index (χ2v) is 6.08. The van der Waals surface area contributed by atoms with Gasteiger partial charge in [-0.15, -0.1) is 11.3 Å². The highest BCUT2D eigenvalue weighted by Gasteiger charge is 2.19. The molecule has 0 saturated carbocycles. The summed E-state index contributed by atoms with van der Waals surface area (Å²) in [6, 6.07) is 8.09. The molecule has 19 heavy (non-hydrogen) atoms. The molecule has 0 bridgehead atoms. The van der Waals surface area contributed by atoms with Crippen LogP contribution in [0.15, 0.2) is 30.5 Å². The maximum atomic E-state index is 9.87. The van der Waals surface area contributed by atoms with E-state index < -0.39 is 5.60 Å². The summed E-state index contributed by atoms with van der Waals surface area (Å²) in [5, 5.41) is 10.7. The van der Waals surface area contributed by atoms with Crippen molar-refractivity contribution in [1.82, 2.24) is 4.98 Å². The van der Waals surface area contributed by atoms with E-state index in [4.69, 9.17) is 4.74 Å². The molecule has 0 aliphatic carbocycles. The van der Waals surface area contributed by atoms with Gasteiger partial charge in [-0.3, -0.25) is 0 Å². The van der Waals surface area contributed by atoms with E-state index in [0.717, 1.165) is 22.1 Å². The molecule has 0 aliphatic rings. The minimum absolute atomic E-state index is 0.437. The highest BCUT2D eigenvalue weighted by atomic mass is 32.1. The second kappa shape index (κ2) is 5.72. The lowest BCUT2D eigenvalue weighted by Crippen LogP contribution is -2.12. The molecular formula is C15H19NO2S. The quantitative estimate of drug-likeness (QED) is 0.909. The topological polar surface area (TPSA) is 42.4 Å². The number of aliphatic hydroxyl groups is 1. The van der Waals surface area contributed by atoms with Gasteiger partial charge in [-0.1, -0.05) is 19.1 Å². The van der Waals surface area contributed by atoms with Gasteiger partial charge in [0.25, 0.3) is 0 Å². The third-order valence-electron chi connectivity index (χ3n) is 2.85. The molecule has 0 spiro atoms. The molecule has 1 aromatic carbocycles. The summed E-state index contributed by atoms with van der Waals surface area (Å²) in [7, 11) is 0. The Hall–Kier alpha value is -1.39. The van der Waals surface area contributed by atoms with Crippen molar-refractivity contribution >= 4 is 11.3 Å². The first kappa shape index (κ1) is 14.0. The Morgan fingerprint density at radius 3 is 2.47 bits per heavy atom. The fourth-order valence-electron chi connectivity index (χ4n) is 1.63. The lowest BCUT2D eigenvalue weighted by molar-refractivity contribution is 0.0823. The number of aryl methyl sites for hydroxylation is 1. The van der Waals surface area contributed by atoms with Crippen molar-refractivity contribution < 1.29 is 9.84 Å². The Morgan fingerprint density at radius 2 is 1.95 bits per heavy atom. The maximum absolute atomic E-state index is 9.87. The third kappa shape index (κ3) is 3.78. The molecule has 102 valence electrons. The SMILES string of the molecule is CCc1ccc(OCc2ncc(C(C)(C)O)s2)cc1. The highest BCUT2D eigenvalue weighted by Crippen LogP contribution is 2.26. The van der Waals surface area contributed by atoms with Crippen LogP contribution in [-0.4, -0.2) is 10.1 Å². The monoisotopic (exact) mass is 277 g/mol. The van der Waals surface area contributed by atoms with Crippen LogP contribution in [0.2, 0.25) is 0 Å². The Bertz CT molecular complexity index is 526. The highest BCUT2D eigenvalue weighted by molar-refractivity contribution is 7.11. The number of thiazole rings is 1. The van der Waals surface area contributed by atoms with Gasteiger partial charge in [-0.25, -0.2) is 4.98 Å². The van der Waals surface area contributed by atoms with Gasteiger partial charge in [0.2, 0.25) is 0 Å². The third-order valence-corrected chi connectivity index (χ3v) is 4.13. The minimum atomic E-state index is -0.835. The standard InChI is InChI=1S/C15H19NO2S/c1-4-11-5-7-12(8-6-11)18-10-14-16-9-13(19-14)15(2,3)17/h5-9,17H,4,10H2,1-3H3. The van der Waals surface area contributed by atoms with Crippen LogP contribution in [0.5, 0.6) is 5.75 Å². The zero-order valence-electron chi connectivity index (χ0n) is 11.5. The fraction of sp³-hybridized carbons (Fsp3) is 0.400. The maximum Gasteiger partial charge on any atom is 0.140 e. The zero-order chi connectivity index (χ0) is 13.9. The van der Waals surface area contributed by atoms with Crippen LogP contribution in [0.3, 0.4) is 0 Å². The Labute approximate surface area is 117 Å². The number of ether oxygens (including phenoxy) is 1. The molecule has 2 aromatic rings. The van der Waals surface area contributed by atoms with Crippen LogP contribution in [-0.2, 0) is 18.6 Å². The number of aromatic nitrogens is 1. The predicted octanol–water partition coefficient (Wildman–Crippen LogP) is 3.51. The normalized spacial score (nSPS) is 11.6. The Balaban J connectivity index is 1.96. The average molecular weight is 277 g/mol. The van der Waals surface area contributed by atoms with E-state index in [1.807, 2.05) is 12.1 Å². The fourth-order valence-corrected chi connectivity index (χ4v) is 2.46. The Kier molecular flexibility index (Phi) is 4.22. The van der Waals surface area contributed by atoms with Crippen molar-refractivity contribution in [1.29, 1.82) is 0 Å². The summed E-state index contributed by atoms with van der Waals surface area (Å²) in [5.41, 5.74) is 0.463. The van der Waals surface area contributed by atoms with Gasteiger partial charge in [0.05, 0.1) is 10.5 Å². The molecule has 0 radical (unpaired) electrons. The first-order valence-corrected chi connectivity index (χ1v) is 7.20. The molecule has 0 aliphatic heterocycles. The van der Waals surface area contributed by atoms with Gasteiger partial charge >= 0.3 is 0 Å². The first-order chi connectivity index (χ1) is 8.99. The van der Waals surface area contributed by atoms with Crippen LogP contribution in [0.4, 0.5) is 0 Å². The van der Waals surface area contributed by atoms with Gasteiger partial charge in [-0.05, 0) is 38.0 Å². The van der Waals surface area contributed by atoms with E-state index in [9.17, 15) is 5.11 Å². The van der Waals surface area contributed by atoms with Crippen molar-refractivity contribution in [3.8, 4) is 5.75 Å². The van der Waals surface area contributed by atoms with Crippen molar-refractivity contribution in [2.24, 2.45) is 0 Å². The molecule has 2 rings (SSSR count). The molecule has 0 unspecified atom stereocenters. The number of hydrogen-bond acceptors (Lipinski definition) is 4. The van der Waals surface area contributed by atoms with Crippen LogP contribution in [0.25, 0.3) is 0 Å².